The number of ether oxygens (including phenoxy) is 7. The van der Waals surface area contributed by atoms with Crippen LogP contribution in [0.4, 0.5) is 34.1 Å². The van der Waals surface area contributed by atoms with Gasteiger partial charge in [-0.1, -0.05) is 41.4 Å². The van der Waals surface area contributed by atoms with Crippen molar-refractivity contribution in [3.8, 4) is 40.2 Å². The topological polar surface area (TPSA) is 269 Å². The predicted molar refractivity (Wildman–Crippen MR) is 296 cm³/mol. The molecule has 0 saturated carbocycles. The lowest BCUT2D eigenvalue weighted by Gasteiger charge is -2.16. The number of carbonyl (C=O) groups excluding carboxylic acids is 3. The van der Waals surface area contributed by atoms with Crippen LogP contribution < -0.4 is 66.3 Å². The van der Waals surface area contributed by atoms with Crippen LogP contribution in [0.25, 0.3) is 32.7 Å². The van der Waals surface area contributed by atoms with Gasteiger partial charge in [-0.05, 0) is 72.8 Å². The molecule has 9 N–H and O–H groups in total. The molecule has 19 nitrogen and oxygen atoms in total. The van der Waals surface area contributed by atoms with Gasteiger partial charge in [-0.3, -0.25) is 29.3 Å². The number of hydrogen-bond donors (Lipinski definition) is 6. The Labute approximate surface area is 446 Å². The Hall–Kier alpha value is -9.46. The second kappa shape index (κ2) is 24.5. The van der Waals surface area contributed by atoms with Crippen molar-refractivity contribution in [2.75, 3.05) is 65.7 Å². The fourth-order valence-corrected chi connectivity index (χ4v) is 8.12. The summed E-state index contributed by atoms with van der Waals surface area (Å²) in [6.45, 7) is 0. The van der Waals surface area contributed by atoms with Gasteiger partial charge in [-0.25, -0.2) is 0 Å². The lowest BCUT2D eigenvalue weighted by molar-refractivity contribution is 0.0992. The van der Waals surface area contributed by atoms with E-state index in [0.717, 1.165) is 17.1 Å². The molecule has 21 heteroatoms. The molecule has 0 radical (unpaired) electrons. The molecule has 3 aromatic heterocycles. The molecular formula is C55H51Cl2N9O10. The zero-order valence-corrected chi connectivity index (χ0v) is 43.5. The van der Waals surface area contributed by atoms with E-state index in [2.05, 4.69) is 30.9 Å². The van der Waals surface area contributed by atoms with E-state index in [1.807, 2.05) is 48.5 Å². The van der Waals surface area contributed by atoms with E-state index in [1.54, 1.807) is 103 Å². The molecule has 0 unspecified atom stereocenters. The quantitative estimate of drug-likeness (QED) is 0.0525. The van der Waals surface area contributed by atoms with Gasteiger partial charge in [0.05, 0.1) is 111 Å². The van der Waals surface area contributed by atoms with Crippen molar-refractivity contribution in [3.63, 3.8) is 0 Å². The average molecular weight is 1070 g/mol. The van der Waals surface area contributed by atoms with Gasteiger partial charge in [-0.2, -0.15) is 0 Å². The van der Waals surface area contributed by atoms with Gasteiger partial charge >= 0.3 is 0 Å². The Morgan fingerprint density at radius 3 is 1.17 bits per heavy atom. The first-order valence-electron chi connectivity index (χ1n) is 22.6. The summed E-state index contributed by atoms with van der Waals surface area (Å²) >= 11 is 12.3. The van der Waals surface area contributed by atoms with E-state index in [9.17, 15) is 14.4 Å². The summed E-state index contributed by atoms with van der Waals surface area (Å²) < 4.78 is 37.2. The highest BCUT2D eigenvalue weighted by atomic mass is 35.5. The van der Waals surface area contributed by atoms with E-state index in [0.29, 0.717) is 100 Å². The summed E-state index contributed by atoms with van der Waals surface area (Å²) in [5.41, 5.74) is 23.0. The summed E-state index contributed by atoms with van der Waals surface area (Å²) in [7, 11) is 10.9. The number of hydrogen-bond acceptors (Lipinski definition) is 16. The molecule has 9 aromatic rings. The minimum atomic E-state index is -0.598. The van der Waals surface area contributed by atoms with Crippen molar-refractivity contribution in [1.82, 2.24) is 15.0 Å². The van der Waals surface area contributed by atoms with Gasteiger partial charge in [0.1, 0.15) is 5.75 Å². The molecule has 0 spiro atoms. The lowest BCUT2D eigenvalue weighted by Crippen LogP contribution is -2.14. The number of fused-ring (bicyclic) bond motifs is 3. The van der Waals surface area contributed by atoms with Crippen molar-refractivity contribution in [2.45, 2.75) is 0 Å². The van der Waals surface area contributed by atoms with E-state index >= 15 is 0 Å². The zero-order valence-electron chi connectivity index (χ0n) is 42.0. The van der Waals surface area contributed by atoms with Gasteiger partial charge in [-0.15, -0.1) is 0 Å². The largest absolute Gasteiger partial charge is 0.497 e. The average Bonchev–Trinajstić information content (AvgIpc) is 3.43. The summed E-state index contributed by atoms with van der Waals surface area (Å²) in [6, 6.07) is 32.2. The number of benzene rings is 6. The van der Waals surface area contributed by atoms with Gasteiger partial charge < -0.3 is 66.3 Å². The lowest BCUT2D eigenvalue weighted by atomic mass is 10.1. The molecule has 9 rings (SSSR count). The van der Waals surface area contributed by atoms with E-state index < -0.39 is 17.7 Å². The van der Waals surface area contributed by atoms with Crippen LogP contribution in [0.1, 0.15) is 31.1 Å². The first kappa shape index (κ1) is 54.3. The van der Waals surface area contributed by atoms with Crippen LogP contribution in [0.3, 0.4) is 0 Å². The van der Waals surface area contributed by atoms with Gasteiger partial charge in [0.2, 0.25) is 0 Å². The Morgan fingerprint density at radius 2 is 0.803 bits per heavy atom. The molecule has 390 valence electrons. The molecule has 0 bridgehead atoms. The van der Waals surface area contributed by atoms with E-state index in [-0.39, 0.29) is 16.7 Å². The number of para-hydroxylation sites is 1. The SMILES string of the molecule is COc1cc2ncc(C(N)=O)c(Nc3cccc(Cl)c3)c2cc1OC.COc1cc2ncc(C(N)=O)c(Nc3ccccc3Cl)c2cc1OC.COc1ccc(Nc2c(C(N)=O)cnc3cc(OC)c(OC)cc23)cc1. The van der Waals surface area contributed by atoms with E-state index in [4.69, 9.17) is 73.6 Å². The number of anilines is 6. The first-order valence-corrected chi connectivity index (χ1v) is 23.4. The third-order valence-corrected chi connectivity index (χ3v) is 12.1. The monoisotopic (exact) mass is 1070 g/mol. The molecular weight excluding hydrogens is 1020 g/mol. The number of carbonyl (C=O) groups is 3. The number of nitrogens with zero attached hydrogens (tertiary/aromatic N) is 3. The highest BCUT2D eigenvalue weighted by Crippen LogP contribution is 2.41. The summed E-state index contributed by atoms with van der Waals surface area (Å²) in [6.07, 6.45) is 4.31. The van der Waals surface area contributed by atoms with Crippen LogP contribution in [0, 0.1) is 0 Å². The maximum absolute atomic E-state index is 11.9. The normalized spacial score (nSPS) is 10.5. The number of halogens is 2. The maximum atomic E-state index is 11.9. The third kappa shape index (κ3) is 12.1. The molecule has 0 saturated heterocycles. The molecule has 3 amide bonds. The smallest absolute Gasteiger partial charge is 0.252 e. The number of nitrogens with one attached hydrogen (secondary N) is 3. The molecule has 3 heterocycles. The van der Waals surface area contributed by atoms with Crippen molar-refractivity contribution < 1.29 is 47.5 Å². The number of pyridine rings is 3. The maximum Gasteiger partial charge on any atom is 0.252 e. The second-order valence-corrected chi connectivity index (χ2v) is 16.8. The molecule has 0 aliphatic heterocycles. The molecule has 0 fully saturated rings. The highest BCUT2D eigenvalue weighted by Gasteiger charge is 2.20. The van der Waals surface area contributed by atoms with Crippen LogP contribution in [-0.2, 0) is 0 Å². The minimum absolute atomic E-state index is 0.250. The third-order valence-electron chi connectivity index (χ3n) is 11.5. The van der Waals surface area contributed by atoms with Crippen molar-refractivity contribution in [3.05, 3.63) is 155 Å². The fourth-order valence-electron chi connectivity index (χ4n) is 7.75. The van der Waals surface area contributed by atoms with Crippen LogP contribution in [-0.4, -0.2) is 82.4 Å². The Morgan fingerprint density at radius 1 is 0.421 bits per heavy atom. The molecule has 0 aliphatic carbocycles. The first-order chi connectivity index (χ1) is 36.6. The van der Waals surface area contributed by atoms with Crippen molar-refractivity contribution in [1.29, 1.82) is 0 Å². The molecule has 0 aliphatic rings. The van der Waals surface area contributed by atoms with Crippen molar-refractivity contribution >= 4 is 108 Å². The van der Waals surface area contributed by atoms with Gasteiger partial charge in [0.25, 0.3) is 17.7 Å². The Balaban J connectivity index is 0.000000166. The number of amides is 3. The fraction of sp³-hybridized carbons (Fsp3) is 0.127. The number of rotatable bonds is 16. The Bertz CT molecular complexity index is 3620. The molecule has 0 atom stereocenters. The van der Waals surface area contributed by atoms with Crippen LogP contribution in [0.5, 0.6) is 40.2 Å². The Kier molecular flexibility index (Phi) is 17.5. The summed E-state index contributed by atoms with van der Waals surface area (Å²) in [5.74, 6) is 2.17. The zero-order chi connectivity index (χ0) is 54.6. The number of primary amides is 3. The predicted octanol–water partition coefficient (Wildman–Crippen LogP) is 10.6. The molecule has 6 aromatic carbocycles. The standard InChI is InChI=1S/C19H19N3O4.2C18H16ClN3O3/c1-24-12-6-4-11(5-7-12)22-18-13-8-16(25-2)17(26-3)9-15(13)21-10-14(18)19(20)23;1-24-15-7-12-14(8-16(15)25-2)21-9-13(18(20)23)17(12)22-11-5-3-4-10(19)6-11;1-24-15-7-10-14(8-16(15)25-2)21-9-11(18(20)23)17(10)22-13-6-4-3-5-12(13)19/h4-10H,1-3H3,(H2,20,23)(H,21,22);2*3-9H,1-2H3,(H2,20,23)(H,21,22). The highest BCUT2D eigenvalue weighted by molar-refractivity contribution is 6.33. The number of aromatic nitrogens is 3. The van der Waals surface area contributed by atoms with Crippen LogP contribution >= 0.6 is 23.2 Å². The summed E-state index contributed by atoms with van der Waals surface area (Å²) in [4.78, 5) is 48.6. The number of nitrogens with two attached hydrogens (primary N) is 3. The van der Waals surface area contributed by atoms with E-state index in [1.165, 1.54) is 25.7 Å². The van der Waals surface area contributed by atoms with Gasteiger partial charge in [0, 0.05) is 69.3 Å². The minimum Gasteiger partial charge on any atom is -0.497 e. The van der Waals surface area contributed by atoms with Crippen molar-refractivity contribution in [2.24, 2.45) is 17.2 Å². The molecule has 76 heavy (non-hydrogen) atoms. The summed E-state index contributed by atoms with van der Waals surface area (Å²) in [5, 5.41) is 12.7. The van der Waals surface area contributed by atoms with Crippen LogP contribution in [0.15, 0.2) is 128 Å². The second-order valence-electron chi connectivity index (χ2n) is 16.0. The number of methoxy groups -OCH3 is 7. The van der Waals surface area contributed by atoms with Crippen LogP contribution in [0.2, 0.25) is 10.0 Å². The van der Waals surface area contributed by atoms with Gasteiger partial charge in [0.15, 0.2) is 34.5 Å².